The number of rotatable bonds is 5. The molecule has 158 valence electrons. The minimum atomic E-state index is -0.869. The van der Waals surface area contributed by atoms with Crippen LogP contribution in [0.2, 0.25) is 0 Å². The smallest absolute Gasteiger partial charge is 0.252 e. The first-order valence-electron chi connectivity index (χ1n) is 9.80. The van der Waals surface area contributed by atoms with E-state index in [0.29, 0.717) is 17.6 Å². The first kappa shape index (κ1) is 20.2. The second-order valence-corrected chi connectivity index (χ2v) is 8.35. The number of benzene rings is 1. The SMILES string of the molecule is COc1ccc(-c2cc3c(N[C@@H]4C[C@@H](O)[C@@H](O)C4(C)C)c(C(N)=O)cnn3c2)cc1. The molecule has 1 saturated carbocycles. The van der Waals surface area contributed by atoms with Crippen LogP contribution in [0.4, 0.5) is 5.69 Å². The van der Waals surface area contributed by atoms with Crippen LogP contribution in [-0.4, -0.2) is 51.1 Å². The van der Waals surface area contributed by atoms with E-state index >= 15 is 0 Å². The van der Waals surface area contributed by atoms with Gasteiger partial charge in [-0.05, 0) is 30.2 Å². The highest BCUT2D eigenvalue weighted by atomic mass is 16.5. The average molecular weight is 410 g/mol. The van der Waals surface area contributed by atoms with Gasteiger partial charge in [0.15, 0.2) is 0 Å². The molecule has 8 heteroatoms. The van der Waals surface area contributed by atoms with Crippen LogP contribution in [0.15, 0.2) is 42.7 Å². The standard InChI is InChI=1S/C22H26N4O4/c1-22(2)18(9-17(27)20(22)28)25-19-15(21(23)29)10-24-26-11-13(8-16(19)26)12-4-6-14(30-3)7-5-12/h4-8,10-11,17-18,20,25,27-28H,9H2,1-3H3,(H2,23,29)/t17-,18-,20-/m1/s1. The predicted octanol–water partition coefficient (Wildman–Crippen LogP) is 2.04. The second-order valence-electron chi connectivity index (χ2n) is 8.35. The summed E-state index contributed by atoms with van der Waals surface area (Å²) in [5, 5.41) is 28.2. The Bertz CT molecular complexity index is 1090. The molecule has 1 aliphatic carbocycles. The molecule has 2 aromatic heterocycles. The topological polar surface area (TPSA) is 122 Å². The fraction of sp³-hybridized carbons (Fsp3) is 0.364. The average Bonchev–Trinajstić information content (AvgIpc) is 3.24. The van der Waals surface area contributed by atoms with Crippen molar-refractivity contribution in [2.75, 3.05) is 12.4 Å². The monoisotopic (exact) mass is 410 g/mol. The van der Waals surface area contributed by atoms with E-state index < -0.39 is 23.5 Å². The number of aromatic nitrogens is 2. The molecule has 2 heterocycles. The van der Waals surface area contributed by atoms with E-state index in [2.05, 4.69) is 10.4 Å². The lowest BCUT2D eigenvalue weighted by atomic mass is 9.85. The number of nitrogens with zero attached hydrogens (tertiary/aromatic N) is 2. The van der Waals surface area contributed by atoms with Crippen molar-refractivity contribution in [3.63, 3.8) is 0 Å². The van der Waals surface area contributed by atoms with Crippen LogP contribution >= 0.6 is 0 Å². The van der Waals surface area contributed by atoms with Gasteiger partial charge in [0, 0.05) is 23.2 Å². The third-order valence-electron chi connectivity index (χ3n) is 6.15. The molecule has 1 fully saturated rings. The number of fused-ring (bicyclic) bond motifs is 1. The fourth-order valence-electron chi connectivity index (χ4n) is 4.13. The minimum absolute atomic E-state index is 0.258. The molecule has 4 rings (SSSR count). The summed E-state index contributed by atoms with van der Waals surface area (Å²) in [6.07, 6.45) is 1.95. The Morgan fingerprint density at radius 3 is 2.53 bits per heavy atom. The first-order chi connectivity index (χ1) is 14.2. The summed E-state index contributed by atoms with van der Waals surface area (Å²) in [4.78, 5) is 12.1. The summed E-state index contributed by atoms with van der Waals surface area (Å²) in [5.74, 6) is 0.163. The Hall–Kier alpha value is -3.10. The van der Waals surface area contributed by atoms with Crippen molar-refractivity contribution < 1.29 is 19.7 Å². The zero-order valence-electron chi connectivity index (χ0n) is 17.2. The lowest BCUT2D eigenvalue weighted by Crippen LogP contribution is -2.39. The van der Waals surface area contributed by atoms with Crippen LogP contribution < -0.4 is 15.8 Å². The number of hydrogen-bond donors (Lipinski definition) is 4. The molecule has 3 aromatic rings. The normalized spacial score (nSPS) is 22.9. The highest BCUT2D eigenvalue weighted by molar-refractivity contribution is 6.02. The molecule has 0 radical (unpaired) electrons. The van der Waals surface area contributed by atoms with Gasteiger partial charge in [0.25, 0.3) is 5.91 Å². The van der Waals surface area contributed by atoms with Gasteiger partial charge in [0.1, 0.15) is 5.75 Å². The number of nitrogens with two attached hydrogens (primary N) is 1. The third kappa shape index (κ3) is 3.28. The molecule has 1 aromatic carbocycles. The minimum Gasteiger partial charge on any atom is -0.497 e. The second kappa shape index (κ2) is 7.30. The van der Waals surface area contributed by atoms with Gasteiger partial charge in [-0.1, -0.05) is 26.0 Å². The molecule has 3 atom stereocenters. The molecule has 0 saturated heterocycles. The summed E-state index contributed by atoms with van der Waals surface area (Å²) in [7, 11) is 1.62. The lowest BCUT2D eigenvalue weighted by Gasteiger charge is -2.31. The highest BCUT2D eigenvalue weighted by Gasteiger charge is 2.48. The van der Waals surface area contributed by atoms with Crippen LogP contribution in [0.3, 0.4) is 0 Å². The van der Waals surface area contributed by atoms with E-state index in [1.807, 2.05) is 50.4 Å². The Kier molecular flexibility index (Phi) is 4.91. The maximum atomic E-state index is 12.1. The Morgan fingerprint density at radius 2 is 1.97 bits per heavy atom. The van der Waals surface area contributed by atoms with Gasteiger partial charge in [0.2, 0.25) is 0 Å². The van der Waals surface area contributed by atoms with Crippen molar-refractivity contribution in [3.05, 3.63) is 48.3 Å². The molecule has 0 unspecified atom stereocenters. The van der Waals surface area contributed by atoms with E-state index in [-0.39, 0.29) is 11.6 Å². The third-order valence-corrected chi connectivity index (χ3v) is 6.15. The largest absolute Gasteiger partial charge is 0.497 e. The number of aliphatic hydroxyl groups excluding tert-OH is 2. The molecule has 1 amide bonds. The summed E-state index contributed by atoms with van der Waals surface area (Å²) < 4.78 is 6.90. The number of nitrogens with one attached hydrogen (secondary N) is 1. The molecule has 0 bridgehead atoms. The maximum Gasteiger partial charge on any atom is 0.252 e. The number of primary amides is 1. The summed E-state index contributed by atoms with van der Waals surface area (Å²) >= 11 is 0. The Morgan fingerprint density at radius 1 is 1.27 bits per heavy atom. The van der Waals surface area contributed by atoms with Crippen LogP contribution in [0, 0.1) is 5.41 Å². The predicted molar refractivity (Wildman–Crippen MR) is 114 cm³/mol. The number of hydrogen-bond acceptors (Lipinski definition) is 6. The van der Waals surface area contributed by atoms with Gasteiger partial charge in [-0.25, -0.2) is 4.52 Å². The quantitative estimate of drug-likeness (QED) is 0.511. The molecule has 0 spiro atoms. The summed E-state index contributed by atoms with van der Waals surface area (Å²) in [6.45, 7) is 3.77. The van der Waals surface area contributed by atoms with Crippen LogP contribution in [0.5, 0.6) is 5.75 Å². The first-order valence-corrected chi connectivity index (χ1v) is 9.80. The summed E-state index contributed by atoms with van der Waals surface area (Å²) in [6, 6.07) is 9.32. The van der Waals surface area contributed by atoms with Crippen molar-refractivity contribution in [1.29, 1.82) is 0 Å². The maximum absolute atomic E-state index is 12.1. The Balaban J connectivity index is 1.79. The molecule has 5 N–H and O–H groups in total. The van der Waals surface area contributed by atoms with Crippen LogP contribution in [0.25, 0.3) is 16.6 Å². The van der Waals surface area contributed by atoms with Gasteiger partial charge < -0.3 is 26.0 Å². The van der Waals surface area contributed by atoms with Crippen LogP contribution in [-0.2, 0) is 0 Å². The van der Waals surface area contributed by atoms with Gasteiger partial charge in [-0.15, -0.1) is 0 Å². The molecule has 0 aliphatic heterocycles. The number of aliphatic hydroxyl groups is 2. The van der Waals surface area contributed by atoms with Gasteiger partial charge in [-0.2, -0.15) is 5.10 Å². The van der Waals surface area contributed by atoms with Crippen molar-refractivity contribution in [2.24, 2.45) is 11.1 Å². The zero-order chi connectivity index (χ0) is 21.6. The van der Waals surface area contributed by atoms with Gasteiger partial charge in [-0.3, -0.25) is 4.79 Å². The van der Waals surface area contributed by atoms with Crippen molar-refractivity contribution in [1.82, 2.24) is 9.61 Å². The van der Waals surface area contributed by atoms with Gasteiger partial charge >= 0.3 is 0 Å². The van der Waals surface area contributed by atoms with Crippen molar-refractivity contribution in [3.8, 4) is 16.9 Å². The van der Waals surface area contributed by atoms with Gasteiger partial charge in [0.05, 0.1) is 42.3 Å². The highest BCUT2D eigenvalue weighted by Crippen LogP contribution is 2.41. The number of methoxy groups -OCH3 is 1. The molecule has 30 heavy (non-hydrogen) atoms. The lowest BCUT2D eigenvalue weighted by molar-refractivity contribution is -0.00805. The van der Waals surface area contributed by atoms with Crippen molar-refractivity contribution >= 4 is 17.1 Å². The van der Waals surface area contributed by atoms with E-state index in [4.69, 9.17) is 10.5 Å². The molecule has 8 nitrogen and oxygen atoms in total. The molecular weight excluding hydrogens is 384 g/mol. The van der Waals surface area contributed by atoms with E-state index in [1.165, 1.54) is 6.20 Å². The fourth-order valence-corrected chi connectivity index (χ4v) is 4.13. The van der Waals surface area contributed by atoms with E-state index in [9.17, 15) is 15.0 Å². The van der Waals surface area contributed by atoms with E-state index in [1.54, 1.807) is 11.6 Å². The number of anilines is 1. The van der Waals surface area contributed by atoms with Crippen molar-refractivity contribution in [2.45, 2.75) is 38.5 Å². The molecule has 1 aliphatic rings. The summed E-state index contributed by atoms with van der Waals surface area (Å²) in [5.41, 5.74) is 8.38. The Labute approximate surface area is 174 Å². The zero-order valence-corrected chi connectivity index (χ0v) is 17.2. The number of ether oxygens (including phenoxy) is 1. The van der Waals surface area contributed by atoms with E-state index in [0.717, 1.165) is 16.9 Å². The van der Waals surface area contributed by atoms with Crippen LogP contribution in [0.1, 0.15) is 30.6 Å². The number of amides is 1. The number of carbonyl (C=O) groups is 1. The molecular formula is C22H26N4O4. The number of carbonyl (C=O) groups excluding carboxylic acids is 1.